The van der Waals surface area contributed by atoms with Gasteiger partial charge in [-0.2, -0.15) is 4.98 Å². The summed E-state index contributed by atoms with van der Waals surface area (Å²) in [6.45, 7) is 0. The highest BCUT2D eigenvalue weighted by atomic mass is 16.5. The fraction of sp³-hybridized carbons (Fsp3) is 0.231. The summed E-state index contributed by atoms with van der Waals surface area (Å²) in [4.78, 5) is 22.7. The van der Waals surface area contributed by atoms with Gasteiger partial charge in [-0.25, -0.2) is 4.68 Å². The van der Waals surface area contributed by atoms with E-state index in [0.717, 1.165) is 27.7 Å². The van der Waals surface area contributed by atoms with Crippen LogP contribution < -0.4 is 20.5 Å². The maximum absolute atomic E-state index is 13.8. The van der Waals surface area contributed by atoms with Crippen LogP contribution in [0.15, 0.2) is 66.0 Å². The fourth-order valence-electron chi connectivity index (χ4n) is 5.21. The molecule has 2 atom stereocenters. The van der Waals surface area contributed by atoms with Crippen molar-refractivity contribution < 1.29 is 14.3 Å². The van der Waals surface area contributed by atoms with Gasteiger partial charge in [0, 0.05) is 29.3 Å². The van der Waals surface area contributed by atoms with Crippen LogP contribution in [0.4, 0.5) is 11.9 Å². The number of Topliss-reactive ketones (excluding diaryl/α,β-unsaturated/α-hetero) is 1. The molecule has 0 unspecified atom stereocenters. The maximum Gasteiger partial charge on any atom is 0.241 e. The van der Waals surface area contributed by atoms with Crippen LogP contribution in [0.5, 0.6) is 11.5 Å². The van der Waals surface area contributed by atoms with E-state index >= 15 is 0 Å². The van der Waals surface area contributed by atoms with Gasteiger partial charge in [0.1, 0.15) is 6.04 Å². The Hall–Kier alpha value is -4.40. The fourth-order valence-corrected chi connectivity index (χ4v) is 5.21. The van der Waals surface area contributed by atoms with E-state index in [2.05, 4.69) is 20.4 Å². The highest BCUT2D eigenvalue weighted by molar-refractivity contribution is 6.01. The molecule has 0 saturated heterocycles. The third-order valence-electron chi connectivity index (χ3n) is 6.79. The standard InChI is InChI=1S/C26H24N6O3/c1-34-21-8-7-14(13-22(21)35-2)15-11-19-23(20(33)12-15)24(32-26(29-19)30-25(27)31-32)17-9-10-28-18-6-4-3-5-16(17)18/h3-10,13,15,24H,11-12H2,1-2H3,(H3,27,29,30,31)/t15-,24+/m1/s1. The van der Waals surface area contributed by atoms with Gasteiger partial charge in [-0.05, 0) is 47.7 Å². The second-order valence-corrected chi connectivity index (χ2v) is 8.72. The van der Waals surface area contributed by atoms with E-state index in [-0.39, 0.29) is 17.6 Å². The highest BCUT2D eigenvalue weighted by Crippen LogP contribution is 2.46. The zero-order chi connectivity index (χ0) is 24.1. The summed E-state index contributed by atoms with van der Waals surface area (Å²) in [5.41, 5.74) is 10.3. The van der Waals surface area contributed by atoms with Crippen LogP contribution in [0.25, 0.3) is 10.9 Å². The number of benzene rings is 2. The number of hydrogen-bond donors (Lipinski definition) is 2. The number of carbonyl (C=O) groups excluding carboxylic acids is 1. The lowest BCUT2D eigenvalue weighted by atomic mass is 9.77. The molecule has 0 fully saturated rings. The molecular formula is C26H24N6O3. The number of para-hydroxylation sites is 1. The van der Waals surface area contributed by atoms with Crippen LogP contribution in [0.1, 0.15) is 35.9 Å². The number of hydrogen-bond acceptors (Lipinski definition) is 8. The third-order valence-corrected chi connectivity index (χ3v) is 6.79. The van der Waals surface area contributed by atoms with E-state index in [0.29, 0.717) is 35.9 Å². The topological polar surface area (TPSA) is 117 Å². The zero-order valence-corrected chi connectivity index (χ0v) is 19.4. The van der Waals surface area contributed by atoms with Crippen molar-refractivity contribution in [1.29, 1.82) is 0 Å². The number of ether oxygens (including phenoxy) is 2. The summed E-state index contributed by atoms with van der Waals surface area (Å²) in [6.07, 6.45) is 2.78. The number of nitrogen functional groups attached to an aromatic ring is 1. The monoisotopic (exact) mass is 468 g/mol. The first kappa shape index (κ1) is 21.2. The number of aromatic nitrogens is 4. The lowest BCUT2D eigenvalue weighted by molar-refractivity contribution is -0.116. The molecule has 0 radical (unpaired) electrons. The third kappa shape index (κ3) is 3.39. The van der Waals surface area contributed by atoms with E-state index in [4.69, 9.17) is 15.2 Å². The molecule has 2 aromatic heterocycles. The second kappa shape index (κ2) is 8.12. The Morgan fingerprint density at radius 1 is 1.06 bits per heavy atom. The second-order valence-electron chi connectivity index (χ2n) is 8.72. The van der Waals surface area contributed by atoms with Crippen molar-refractivity contribution in [2.45, 2.75) is 24.8 Å². The average Bonchev–Trinajstić information content (AvgIpc) is 3.26. The molecule has 0 amide bonds. The minimum Gasteiger partial charge on any atom is -0.493 e. The van der Waals surface area contributed by atoms with Gasteiger partial charge in [-0.1, -0.05) is 24.3 Å². The Kier molecular flexibility index (Phi) is 4.91. The number of fused-ring (bicyclic) bond motifs is 2. The molecule has 0 spiro atoms. The molecule has 6 rings (SSSR count). The summed E-state index contributed by atoms with van der Waals surface area (Å²) in [5, 5.41) is 8.75. The Morgan fingerprint density at radius 3 is 2.71 bits per heavy atom. The van der Waals surface area contributed by atoms with Gasteiger partial charge in [-0.3, -0.25) is 9.78 Å². The molecule has 3 heterocycles. The molecule has 1 aliphatic carbocycles. The molecule has 9 nitrogen and oxygen atoms in total. The molecule has 176 valence electrons. The average molecular weight is 469 g/mol. The molecule has 35 heavy (non-hydrogen) atoms. The molecule has 2 aliphatic rings. The van der Waals surface area contributed by atoms with Crippen LogP contribution in [0.2, 0.25) is 0 Å². The summed E-state index contributed by atoms with van der Waals surface area (Å²) >= 11 is 0. The number of nitrogens with one attached hydrogen (secondary N) is 1. The number of nitrogens with zero attached hydrogens (tertiary/aromatic N) is 4. The Labute approximate surface area is 201 Å². The van der Waals surface area contributed by atoms with Crippen molar-refractivity contribution in [1.82, 2.24) is 19.7 Å². The molecular weight excluding hydrogens is 444 g/mol. The number of allylic oxidation sites excluding steroid dienone is 2. The van der Waals surface area contributed by atoms with Crippen LogP contribution in [0.3, 0.4) is 0 Å². The first-order chi connectivity index (χ1) is 17.1. The van der Waals surface area contributed by atoms with E-state index < -0.39 is 6.04 Å². The minimum absolute atomic E-state index is 0.0183. The van der Waals surface area contributed by atoms with Crippen LogP contribution >= 0.6 is 0 Å². The quantitative estimate of drug-likeness (QED) is 0.464. The van der Waals surface area contributed by atoms with Gasteiger partial charge in [0.05, 0.1) is 19.7 Å². The smallest absolute Gasteiger partial charge is 0.241 e. The van der Waals surface area contributed by atoms with Crippen molar-refractivity contribution >= 4 is 28.6 Å². The van der Waals surface area contributed by atoms with Crippen molar-refractivity contribution in [2.24, 2.45) is 0 Å². The molecule has 4 aromatic rings. The zero-order valence-electron chi connectivity index (χ0n) is 19.4. The number of nitrogens with two attached hydrogens (primary N) is 1. The Bertz CT molecular complexity index is 1500. The van der Waals surface area contributed by atoms with Crippen molar-refractivity contribution in [3.8, 4) is 11.5 Å². The number of carbonyl (C=O) groups is 1. The summed E-state index contributed by atoms with van der Waals surface area (Å²) < 4.78 is 12.6. The largest absolute Gasteiger partial charge is 0.493 e. The van der Waals surface area contributed by atoms with E-state index in [9.17, 15) is 4.79 Å². The number of pyridine rings is 1. The van der Waals surface area contributed by atoms with Crippen molar-refractivity contribution in [3.63, 3.8) is 0 Å². The van der Waals surface area contributed by atoms with Gasteiger partial charge >= 0.3 is 0 Å². The predicted octanol–water partition coefficient (Wildman–Crippen LogP) is 3.84. The summed E-state index contributed by atoms with van der Waals surface area (Å²) in [6, 6.07) is 15.2. The van der Waals surface area contributed by atoms with Gasteiger partial charge in [0.15, 0.2) is 17.3 Å². The van der Waals surface area contributed by atoms with E-state index in [1.54, 1.807) is 25.1 Å². The SMILES string of the molecule is COc1ccc([C@H]2CC(=O)C3=C(C2)Nc2nc(N)nn2[C@H]3c2ccnc3ccccc23)cc1OC. The van der Waals surface area contributed by atoms with Crippen LogP contribution in [-0.4, -0.2) is 39.8 Å². The number of rotatable bonds is 4. The first-order valence-corrected chi connectivity index (χ1v) is 11.4. The van der Waals surface area contributed by atoms with Gasteiger partial charge in [-0.15, -0.1) is 5.10 Å². The molecule has 3 N–H and O–H groups in total. The highest BCUT2D eigenvalue weighted by Gasteiger charge is 2.40. The van der Waals surface area contributed by atoms with Crippen LogP contribution in [0, 0.1) is 0 Å². The van der Waals surface area contributed by atoms with Crippen molar-refractivity contribution in [3.05, 3.63) is 77.1 Å². The van der Waals surface area contributed by atoms with E-state index in [1.807, 2.05) is 48.5 Å². The molecule has 0 saturated carbocycles. The number of ketones is 1. The molecule has 0 bridgehead atoms. The predicted molar refractivity (Wildman–Crippen MR) is 131 cm³/mol. The Morgan fingerprint density at radius 2 is 1.89 bits per heavy atom. The Balaban J connectivity index is 1.48. The number of methoxy groups -OCH3 is 2. The maximum atomic E-state index is 13.8. The lowest BCUT2D eigenvalue weighted by Gasteiger charge is -2.35. The van der Waals surface area contributed by atoms with E-state index in [1.165, 1.54) is 0 Å². The molecule has 9 heteroatoms. The summed E-state index contributed by atoms with van der Waals surface area (Å²) in [5.74, 6) is 2.01. The summed E-state index contributed by atoms with van der Waals surface area (Å²) in [7, 11) is 3.22. The molecule has 2 aromatic carbocycles. The van der Waals surface area contributed by atoms with Crippen LogP contribution in [-0.2, 0) is 4.79 Å². The lowest BCUT2D eigenvalue weighted by Crippen LogP contribution is -2.33. The number of anilines is 2. The van der Waals surface area contributed by atoms with Gasteiger partial charge < -0.3 is 20.5 Å². The van der Waals surface area contributed by atoms with Gasteiger partial charge in [0.2, 0.25) is 11.9 Å². The normalized spacial score (nSPS) is 19.2. The van der Waals surface area contributed by atoms with Crippen molar-refractivity contribution in [2.75, 3.05) is 25.3 Å². The molecule has 1 aliphatic heterocycles. The van der Waals surface area contributed by atoms with Gasteiger partial charge in [0.25, 0.3) is 0 Å². The first-order valence-electron chi connectivity index (χ1n) is 11.4. The minimum atomic E-state index is -0.446.